The molecule has 1 saturated heterocycles. The summed E-state index contributed by atoms with van der Waals surface area (Å²) in [6.07, 6.45) is 0.455. The summed E-state index contributed by atoms with van der Waals surface area (Å²) in [4.78, 5) is 13.9. The first-order valence-corrected chi connectivity index (χ1v) is 7.25. The van der Waals surface area contributed by atoms with E-state index in [-0.39, 0.29) is 24.4 Å². The Labute approximate surface area is 136 Å². The van der Waals surface area contributed by atoms with E-state index in [1.807, 2.05) is 30.3 Å². The van der Waals surface area contributed by atoms with E-state index in [4.69, 9.17) is 9.15 Å². The van der Waals surface area contributed by atoms with Crippen LogP contribution in [0.5, 0.6) is 0 Å². The first-order valence-electron chi connectivity index (χ1n) is 7.25. The van der Waals surface area contributed by atoms with Crippen molar-refractivity contribution in [1.82, 2.24) is 10.2 Å². The average Bonchev–Trinajstić information content (AvgIpc) is 2.90. The zero-order chi connectivity index (χ0) is 14.7. The van der Waals surface area contributed by atoms with Gasteiger partial charge < -0.3 is 19.4 Å². The number of nitrogens with one attached hydrogen (secondary N) is 1. The third kappa shape index (κ3) is 4.00. The topological polar surface area (TPSA) is 54.7 Å². The smallest absolute Gasteiger partial charge is 0.224 e. The minimum Gasteiger partial charge on any atom is -0.459 e. The van der Waals surface area contributed by atoms with E-state index >= 15 is 0 Å². The van der Waals surface area contributed by atoms with Gasteiger partial charge in [-0.15, -0.1) is 12.4 Å². The molecule has 6 heteroatoms. The Hall–Kier alpha value is -1.56. The maximum Gasteiger partial charge on any atom is 0.224 e. The van der Waals surface area contributed by atoms with Crippen molar-refractivity contribution in [2.24, 2.45) is 0 Å². The van der Waals surface area contributed by atoms with Crippen molar-refractivity contribution in [3.8, 4) is 0 Å². The summed E-state index contributed by atoms with van der Waals surface area (Å²) in [7, 11) is 1.80. The number of nitrogens with zero attached hydrogens (tertiary/aromatic N) is 1. The molecule has 0 spiro atoms. The van der Waals surface area contributed by atoms with Gasteiger partial charge in [0.05, 0.1) is 19.8 Å². The van der Waals surface area contributed by atoms with Crippen molar-refractivity contribution in [1.29, 1.82) is 0 Å². The van der Waals surface area contributed by atoms with Gasteiger partial charge in [-0.05, 0) is 12.1 Å². The number of fused-ring (bicyclic) bond motifs is 1. The van der Waals surface area contributed by atoms with Crippen LogP contribution in [0, 0.1) is 0 Å². The highest BCUT2D eigenvalue weighted by atomic mass is 35.5. The van der Waals surface area contributed by atoms with Crippen LogP contribution in [0.2, 0.25) is 0 Å². The lowest BCUT2D eigenvalue weighted by Crippen LogP contribution is -2.44. The zero-order valence-corrected chi connectivity index (χ0v) is 13.4. The third-order valence-electron chi connectivity index (χ3n) is 3.71. The number of furan rings is 1. The van der Waals surface area contributed by atoms with Crippen molar-refractivity contribution < 1.29 is 13.9 Å². The lowest BCUT2D eigenvalue weighted by molar-refractivity contribution is -0.131. The molecule has 3 rings (SSSR count). The summed E-state index contributed by atoms with van der Waals surface area (Å²) in [5, 5.41) is 4.36. The predicted molar refractivity (Wildman–Crippen MR) is 87.2 cm³/mol. The summed E-state index contributed by atoms with van der Waals surface area (Å²) in [5.41, 5.74) is 0.857. The number of rotatable bonds is 4. The number of benzene rings is 1. The highest BCUT2D eigenvalue weighted by Crippen LogP contribution is 2.20. The number of hydrogen-bond acceptors (Lipinski definition) is 4. The van der Waals surface area contributed by atoms with Crippen LogP contribution in [0.4, 0.5) is 0 Å². The predicted octanol–water partition coefficient (Wildman–Crippen LogP) is 2.19. The molecule has 1 aliphatic rings. The quantitative estimate of drug-likeness (QED) is 0.936. The molecule has 1 aliphatic heterocycles. The lowest BCUT2D eigenvalue weighted by Gasteiger charge is -2.25. The van der Waals surface area contributed by atoms with E-state index in [9.17, 15) is 4.79 Å². The number of amides is 1. The van der Waals surface area contributed by atoms with E-state index in [0.717, 1.165) is 29.9 Å². The van der Waals surface area contributed by atoms with Crippen LogP contribution in [0.15, 0.2) is 34.7 Å². The van der Waals surface area contributed by atoms with Gasteiger partial charge in [0.1, 0.15) is 11.3 Å². The Morgan fingerprint density at radius 2 is 2.23 bits per heavy atom. The fraction of sp³-hybridized carbons (Fsp3) is 0.438. The fourth-order valence-electron chi connectivity index (χ4n) is 2.55. The van der Waals surface area contributed by atoms with Gasteiger partial charge in [-0.2, -0.15) is 0 Å². The van der Waals surface area contributed by atoms with Gasteiger partial charge in [0.25, 0.3) is 0 Å². The molecule has 1 aromatic heterocycles. The molecular formula is C16H21ClN2O3. The summed E-state index contributed by atoms with van der Waals surface area (Å²) < 4.78 is 11.1. The van der Waals surface area contributed by atoms with Gasteiger partial charge in [0, 0.05) is 31.4 Å². The molecule has 2 aromatic rings. The second-order valence-electron chi connectivity index (χ2n) is 5.43. The van der Waals surface area contributed by atoms with Gasteiger partial charge in [-0.1, -0.05) is 18.2 Å². The summed E-state index contributed by atoms with van der Waals surface area (Å²) in [6, 6.07) is 9.97. The van der Waals surface area contributed by atoms with Crippen LogP contribution in [0.3, 0.4) is 0 Å². The lowest BCUT2D eigenvalue weighted by atomic mass is 10.2. The molecule has 0 bridgehead atoms. The number of morpholine rings is 1. The van der Waals surface area contributed by atoms with Crippen LogP contribution in [-0.2, 0) is 16.1 Å². The average molecular weight is 325 g/mol. The van der Waals surface area contributed by atoms with Crippen LogP contribution in [0.1, 0.15) is 12.2 Å². The Balaban J connectivity index is 0.00000176. The van der Waals surface area contributed by atoms with Crippen molar-refractivity contribution in [2.75, 3.05) is 26.8 Å². The van der Waals surface area contributed by atoms with Gasteiger partial charge in [0.15, 0.2) is 0 Å². The largest absolute Gasteiger partial charge is 0.459 e. The molecule has 5 nitrogen and oxygen atoms in total. The molecule has 1 N–H and O–H groups in total. The Morgan fingerprint density at radius 3 is 2.95 bits per heavy atom. The molecule has 1 aromatic carbocycles. The van der Waals surface area contributed by atoms with E-state index in [0.29, 0.717) is 19.6 Å². The van der Waals surface area contributed by atoms with E-state index in [2.05, 4.69) is 5.32 Å². The molecule has 1 fully saturated rings. The van der Waals surface area contributed by atoms with Crippen molar-refractivity contribution in [2.45, 2.75) is 19.0 Å². The molecule has 22 heavy (non-hydrogen) atoms. The second kappa shape index (κ2) is 7.63. The maximum absolute atomic E-state index is 12.2. The normalized spacial score (nSPS) is 18.0. The molecule has 0 saturated carbocycles. The third-order valence-corrected chi connectivity index (χ3v) is 3.71. The number of carbonyl (C=O) groups excluding carboxylic acids is 1. The minimum atomic E-state index is 0. The second-order valence-corrected chi connectivity index (χ2v) is 5.43. The molecule has 2 heterocycles. The first-order chi connectivity index (χ1) is 10.2. The summed E-state index contributed by atoms with van der Waals surface area (Å²) in [6.45, 7) is 2.62. The van der Waals surface area contributed by atoms with Gasteiger partial charge in [0.2, 0.25) is 5.91 Å². The van der Waals surface area contributed by atoms with E-state index < -0.39 is 0 Å². The molecular weight excluding hydrogens is 304 g/mol. The SMILES string of the molecule is CN(Cc1cc2ccccc2o1)C(=O)CC1COCCN1.Cl. The Bertz CT molecular complexity index is 590. The molecule has 120 valence electrons. The standard InChI is InChI=1S/C16H20N2O3.ClH/c1-18(16(19)9-13-11-20-7-6-17-13)10-14-8-12-4-2-3-5-15(12)21-14;/h2-5,8,13,17H,6-7,9-11H2,1H3;1H. The molecule has 1 atom stereocenters. The zero-order valence-electron chi connectivity index (χ0n) is 12.6. The molecule has 1 amide bonds. The highest BCUT2D eigenvalue weighted by molar-refractivity contribution is 5.85. The summed E-state index contributed by atoms with van der Waals surface area (Å²) >= 11 is 0. The van der Waals surface area contributed by atoms with Crippen molar-refractivity contribution in [3.63, 3.8) is 0 Å². The number of carbonyl (C=O) groups is 1. The Morgan fingerprint density at radius 1 is 1.41 bits per heavy atom. The van der Waals surface area contributed by atoms with Gasteiger partial charge >= 0.3 is 0 Å². The van der Waals surface area contributed by atoms with Crippen molar-refractivity contribution in [3.05, 3.63) is 36.1 Å². The number of para-hydroxylation sites is 1. The minimum absolute atomic E-state index is 0. The van der Waals surface area contributed by atoms with Crippen LogP contribution < -0.4 is 5.32 Å². The monoisotopic (exact) mass is 324 g/mol. The number of ether oxygens (including phenoxy) is 1. The van der Waals surface area contributed by atoms with Gasteiger partial charge in [-0.25, -0.2) is 0 Å². The first kappa shape index (κ1) is 16.8. The van der Waals surface area contributed by atoms with Crippen LogP contribution in [-0.4, -0.2) is 43.7 Å². The van der Waals surface area contributed by atoms with Crippen LogP contribution in [0.25, 0.3) is 11.0 Å². The van der Waals surface area contributed by atoms with Gasteiger partial charge in [-0.3, -0.25) is 4.79 Å². The number of halogens is 1. The highest BCUT2D eigenvalue weighted by Gasteiger charge is 2.20. The van der Waals surface area contributed by atoms with E-state index in [1.165, 1.54) is 0 Å². The van der Waals surface area contributed by atoms with E-state index in [1.54, 1.807) is 11.9 Å². The van der Waals surface area contributed by atoms with Crippen molar-refractivity contribution >= 4 is 29.3 Å². The maximum atomic E-state index is 12.2. The summed E-state index contributed by atoms with van der Waals surface area (Å²) in [5.74, 6) is 0.901. The van der Waals surface area contributed by atoms with Crippen LogP contribution >= 0.6 is 12.4 Å². The molecule has 1 unspecified atom stereocenters. The Kier molecular flexibility index (Phi) is 5.83. The molecule has 0 radical (unpaired) electrons. The number of hydrogen-bond donors (Lipinski definition) is 1. The fourth-order valence-corrected chi connectivity index (χ4v) is 2.55. The molecule has 0 aliphatic carbocycles.